The van der Waals surface area contributed by atoms with Crippen molar-refractivity contribution >= 4 is 57.7 Å². The van der Waals surface area contributed by atoms with E-state index < -0.39 is 0 Å². The van der Waals surface area contributed by atoms with Crippen LogP contribution >= 0.6 is 57.7 Å². The summed E-state index contributed by atoms with van der Waals surface area (Å²) in [6, 6.07) is 4.94. The van der Waals surface area contributed by atoms with Gasteiger partial charge in [-0.05, 0) is 18.2 Å². The molecular formula is C10H5Cl4NOS. The van der Waals surface area contributed by atoms with Crippen LogP contribution in [0, 0.1) is 0 Å². The maximum Gasteiger partial charge on any atom is 0.280 e. The largest absolute Gasteiger partial charge is 0.429 e. The van der Waals surface area contributed by atoms with Crippen LogP contribution in [-0.2, 0) is 5.88 Å². The fourth-order valence-electron chi connectivity index (χ4n) is 1.09. The highest BCUT2D eigenvalue weighted by Crippen LogP contribution is 2.36. The van der Waals surface area contributed by atoms with Gasteiger partial charge < -0.3 is 4.74 Å². The quantitative estimate of drug-likeness (QED) is 0.681. The van der Waals surface area contributed by atoms with E-state index in [2.05, 4.69) is 4.98 Å². The Labute approximate surface area is 122 Å². The van der Waals surface area contributed by atoms with Crippen molar-refractivity contribution in [1.29, 1.82) is 0 Å². The fraction of sp³-hybridized carbons (Fsp3) is 0.100. The number of nitrogens with zero attached hydrogens (tertiary/aromatic N) is 1. The summed E-state index contributed by atoms with van der Waals surface area (Å²) in [6.07, 6.45) is 0. The first-order valence-electron chi connectivity index (χ1n) is 4.44. The first kappa shape index (κ1) is 13.2. The fourth-order valence-corrected chi connectivity index (χ4v) is 2.87. The van der Waals surface area contributed by atoms with E-state index >= 15 is 0 Å². The van der Waals surface area contributed by atoms with Crippen LogP contribution in [0.1, 0.15) is 4.88 Å². The zero-order chi connectivity index (χ0) is 12.4. The molecule has 2 rings (SSSR count). The van der Waals surface area contributed by atoms with Gasteiger partial charge in [0.1, 0.15) is 10.9 Å². The van der Waals surface area contributed by atoms with Crippen LogP contribution in [-0.4, -0.2) is 4.98 Å². The number of alkyl halides is 1. The van der Waals surface area contributed by atoms with Gasteiger partial charge in [-0.1, -0.05) is 46.1 Å². The molecule has 1 heterocycles. The molecule has 0 aliphatic rings. The summed E-state index contributed by atoms with van der Waals surface area (Å²) in [5.41, 5.74) is 0. The van der Waals surface area contributed by atoms with Gasteiger partial charge in [-0.2, -0.15) is 4.98 Å². The molecule has 0 unspecified atom stereocenters. The molecule has 0 aliphatic carbocycles. The lowest BCUT2D eigenvalue weighted by atomic mass is 10.3. The molecular weight excluding hydrogens is 324 g/mol. The Kier molecular flexibility index (Phi) is 4.39. The van der Waals surface area contributed by atoms with Crippen molar-refractivity contribution in [3.05, 3.63) is 38.3 Å². The molecule has 17 heavy (non-hydrogen) atoms. The van der Waals surface area contributed by atoms with Gasteiger partial charge in [0.15, 0.2) is 0 Å². The molecule has 1 aromatic heterocycles. The highest BCUT2D eigenvalue weighted by molar-refractivity contribution is 7.14. The summed E-state index contributed by atoms with van der Waals surface area (Å²) in [4.78, 5) is 4.78. The van der Waals surface area contributed by atoms with Gasteiger partial charge in [-0.3, -0.25) is 0 Å². The molecule has 0 bridgehead atoms. The first-order valence-corrected chi connectivity index (χ1v) is 6.92. The molecule has 0 spiro atoms. The Morgan fingerprint density at radius 2 is 2.00 bits per heavy atom. The number of hydrogen-bond donors (Lipinski definition) is 0. The molecule has 90 valence electrons. The molecule has 0 amide bonds. The van der Waals surface area contributed by atoms with Gasteiger partial charge in [0, 0.05) is 5.02 Å². The SMILES string of the molecule is ClCc1sc(Oc2ccc(Cl)cc2Cl)nc1Cl. The maximum absolute atomic E-state index is 5.97. The number of benzene rings is 1. The van der Waals surface area contributed by atoms with E-state index in [0.29, 0.717) is 32.0 Å². The molecule has 7 heteroatoms. The van der Waals surface area contributed by atoms with E-state index in [1.54, 1.807) is 18.2 Å². The van der Waals surface area contributed by atoms with Gasteiger partial charge in [0.05, 0.1) is 15.8 Å². The van der Waals surface area contributed by atoms with Crippen LogP contribution in [0.4, 0.5) is 0 Å². The number of halogens is 4. The molecule has 1 aromatic carbocycles. The number of hydrogen-bond acceptors (Lipinski definition) is 3. The predicted octanol–water partition coefficient (Wildman–Crippen LogP) is 5.63. The van der Waals surface area contributed by atoms with Crippen molar-refractivity contribution in [3.63, 3.8) is 0 Å². The second-order valence-electron chi connectivity index (χ2n) is 3.00. The van der Waals surface area contributed by atoms with E-state index in [9.17, 15) is 0 Å². The molecule has 0 fully saturated rings. The highest BCUT2D eigenvalue weighted by atomic mass is 35.5. The van der Waals surface area contributed by atoms with Crippen molar-refractivity contribution in [2.45, 2.75) is 5.88 Å². The van der Waals surface area contributed by atoms with Crippen LogP contribution in [0.25, 0.3) is 0 Å². The van der Waals surface area contributed by atoms with E-state index in [0.717, 1.165) is 4.88 Å². The molecule has 2 nitrogen and oxygen atoms in total. The molecule has 0 radical (unpaired) electrons. The van der Waals surface area contributed by atoms with E-state index in [1.807, 2.05) is 0 Å². The third-order valence-electron chi connectivity index (χ3n) is 1.84. The van der Waals surface area contributed by atoms with Crippen molar-refractivity contribution in [2.75, 3.05) is 0 Å². The summed E-state index contributed by atoms with van der Waals surface area (Å²) in [7, 11) is 0. The van der Waals surface area contributed by atoms with E-state index in [1.165, 1.54) is 11.3 Å². The zero-order valence-corrected chi connectivity index (χ0v) is 12.1. The van der Waals surface area contributed by atoms with Crippen LogP contribution in [0.15, 0.2) is 18.2 Å². The summed E-state index contributed by atoms with van der Waals surface area (Å²) < 4.78 is 5.50. The molecule has 2 aromatic rings. The Morgan fingerprint density at radius 1 is 1.24 bits per heavy atom. The van der Waals surface area contributed by atoms with Gasteiger partial charge in [-0.15, -0.1) is 11.6 Å². The Balaban J connectivity index is 2.25. The van der Waals surface area contributed by atoms with Gasteiger partial charge in [-0.25, -0.2) is 0 Å². The molecule has 0 saturated heterocycles. The van der Waals surface area contributed by atoms with Crippen molar-refractivity contribution < 1.29 is 4.74 Å². The Bertz CT molecular complexity index is 543. The lowest BCUT2D eigenvalue weighted by Gasteiger charge is -2.03. The van der Waals surface area contributed by atoms with Crippen molar-refractivity contribution in [2.24, 2.45) is 0 Å². The number of aromatic nitrogens is 1. The molecule has 0 N–H and O–H groups in total. The van der Waals surface area contributed by atoms with Crippen molar-refractivity contribution in [1.82, 2.24) is 4.98 Å². The molecule has 0 saturated carbocycles. The average molecular weight is 329 g/mol. The normalized spacial score (nSPS) is 10.6. The number of thiazole rings is 1. The first-order chi connectivity index (χ1) is 8.10. The summed E-state index contributed by atoms with van der Waals surface area (Å²) in [6.45, 7) is 0. The molecule has 0 aliphatic heterocycles. The minimum absolute atomic E-state index is 0.300. The summed E-state index contributed by atoms with van der Waals surface area (Å²) in [5.74, 6) is 0.774. The average Bonchev–Trinajstić information content (AvgIpc) is 2.63. The van der Waals surface area contributed by atoms with Gasteiger partial charge >= 0.3 is 0 Å². The lowest BCUT2D eigenvalue weighted by molar-refractivity contribution is 0.479. The van der Waals surface area contributed by atoms with Gasteiger partial charge in [0.25, 0.3) is 5.19 Å². The predicted molar refractivity (Wildman–Crippen MR) is 73.2 cm³/mol. The number of rotatable bonds is 3. The smallest absolute Gasteiger partial charge is 0.280 e. The monoisotopic (exact) mass is 327 g/mol. The Morgan fingerprint density at radius 3 is 2.59 bits per heavy atom. The zero-order valence-electron chi connectivity index (χ0n) is 8.21. The second kappa shape index (κ2) is 5.63. The second-order valence-corrected chi connectivity index (χ2v) is 5.52. The van der Waals surface area contributed by atoms with E-state index in [-0.39, 0.29) is 0 Å². The summed E-state index contributed by atoms with van der Waals surface area (Å²) in [5, 5.41) is 1.71. The van der Waals surface area contributed by atoms with Crippen LogP contribution < -0.4 is 4.74 Å². The third kappa shape index (κ3) is 3.18. The van der Waals surface area contributed by atoms with Crippen molar-refractivity contribution in [3.8, 4) is 10.9 Å². The molecule has 0 atom stereocenters. The number of ether oxygens (including phenoxy) is 1. The van der Waals surface area contributed by atoms with Gasteiger partial charge in [0.2, 0.25) is 0 Å². The Hall–Kier alpha value is -0.190. The van der Waals surface area contributed by atoms with Crippen LogP contribution in [0.3, 0.4) is 0 Å². The van der Waals surface area contributed by atoms with E-state index in [4.69, 9.17) is 51.1 Å². The van der Waals surface area contributed by atoms with Crippen LogP contribution in [0.2, 0.25) is 15.2 Å². The highest BCUT2D eigenvalue weighted by Gasteiger charge is 2.11. The summed E-state index contributed by atoms with van der Waals surface area (Å²) >= 11 is 24.6. The topological polar surface area (TPSA) is 22.1 Å². The van der Waals surface area contributed by atoms with Crippen LogP contribution in [0.5, 0.6) is 10.9 Å². The third-order valence-corrected chi connectivity index (χ3v) is 4.16. The lowest BCUT2D eigenvalue weighted by Crippen LogP contribution is -1.83. The minimum atomic E-state index is 0.300. The standard InChI is InChI=1S/C10H5Cl4NOS/c11-4-8-9(14)15-10(17-8)16-7-2-1-5(12)3-6(7)13/h1-3H,4H2. The maximum atomic E-state index is 5.97. The minimum Gasteiger partial charge on any atom is -0.429 e.